The van der Waals surface area contributed by atoms with Crippen LogP contribution in [0.3, 0.4) is 0 Å². The monoisotopic (exact) mass is 938 g/mol. The Kier molecular flexibility index (Phi) is 12.9. The van der Waals surface area contributed by atoms with Crippen LogP contribution in [0, 0.1) is 16.7 Å². The molecule has 18 heteroatoms. The summed E-state index contributed by atoms with van der Waals surface area (Å²) in [6.45, 7) is 6.61. The van der Waals surface area contributed by atoms with E-state index in [1.54, 1.807) is 78.9 Å². The molecule has 2 heterocycles. The molecule has 3 aromatic rings. The summed E-state index contributed by atoms with van der Waals surface area (Å²) in [5, 5.41) is 43.1. The molecule has 0 aromatic heterocycles. The molecule has 18 nitrogen and oxygen atoms in total. The fourth-order valence-electron chi connectivity index (χ4n) is 10.9. The Hall–Kier alpha value is -6.47. The van der Waals surface area contributed by atoms with Gasteiger partial charge in [-0.05, 0) is 54.8 Å². The van der Waals surface area contributed by atoms with E-state index in [0.717, 1.165) is 6.92 Å². The number of hydrogen-bond donors (Lipinski definition) is 5. The molecule has 2 aliphatic heterocycles. The number of ether oxygens (including phenoxy) is 6. The van der Waals surface area contributed by atoms with E-state index in [4.69, 9.17) is 28.4 Å². The fraction of sp³-hybridized carbons (Fsp3) is 0.460. The smallest absolute Gasteiger partial charge is 0.408 e. The molecule has 3 aromatic carbocycles. The number of fused-ring (bicyclic) bond motifs is 5. The minimum absolute atomic E-state index is 0.00688. The number of nitrogens with one attached hydrogen (secondary N) is 2. The average molecular weight is 939 g/mol. The third-order valence-electron chi connectivity index (χ3n) is 14.6. The largest absolute Gasteiger partial charge is 0.464 e. The van der Waals surface area contributed by atoms with Crippen LogP contribution in [0.25, 0.3) is 0 Å². The number of hydrogen-bond acceptors (Lipinski definition) is 16. The highest BCUT2D eigenvalue weighted by Gasteiger charge is 2.78. The summed E-state index contributed by atoms with van der Waals surface area (Å²) >= 11 is 0. The van der Waals surface area contributed by atoms with E-state index >= 15 is 4.79 Å². The van der Waals surface area contributed by atoms with Crippen molar-refractivity contribution in [3.63, 3.8) is 0 Å². The van der Waals surface area contributed by atoms with E-state index in [0.29, 0.717) is 5.56 Å². The number of carbonyl (C=O) groups is 7. The lowest BCUT2D eigenvalue weighted by Crippen LogP contribution is -2.82. The van der Waals surface area contributed by atoms with Crippen molar-refractivity contribution >= 4 is 41.7 Å². The molecule has 5 aliphatic rings. The molecule has 68 heavy (non-hydrogen) atoms. The first-order valence-electron chi connectivity index (χ1n) is 22.4. The summed E-state index contributed by atoms with van der Waals surface area (Å²) in [6, 6.07) is 21.5. The molecule has 3 aliphatic carbocycles. The lowest BCUT2D eigenvalue weighted by atomic mass is 9.44. The molecule has 4 fully saturated rings. The van der Waals surface area contributed by atoms with E-state index in [-0.39, 0.29) is 48.3 Å². The van der Waals surface area contributed by atoms with Crippen molar-refractivity contribution in [1.29, 1.82) is 0 Å². The van der Waals surface area contributed by atoms with Crippen LogP contribution in [0.2, 0.25) is 0 Å². The number of alkyl carbamates (subject to hydrolysis) is 1. The maximum atomic E-state index is 15.9. The summed E-state index contributed by atoms with van der Waals surface area (Å²) in [6.07, 6.45) is -12.4. The quantitative estimate of drug-likeness (QED) is 0.105. The first-order valence-corrected chi connectivity index (χ1v) is 22.4. The third-order valence-corrected chi connectivity index (χ3v) is 14.6. The molecule has 2 saturated carbocycles. The number of Topliss-reactive ketones (excluding diaryl/α,β-unsaturated/α-hetero) is 1. The summed E-state index contributed by atoms with van der Waals surface area (Å²) in [5.41, 5.74) is -7.76. The second kappa shape index (κ2) is 18.2. The predicted molar refractivity (Wildman–Crippen MR) is 235 cm³/mol. The molecule has 2 amide bonds. The van der Waals surface area contributed by atoms with Crippen LogP contribution in [0.1, 0.15) is 86.2 Å². The summed E-state index contributed by atoms with van der Waals surface area (Å²) in [5.74, 6) is -7.07. The Bertz CT molecular complexity index is 2520. The van der Waals surface area contributed by atoms with Gasteiger partial charge in [0.25, 0.3) is 5.91 Å². The molecule has 5 N–H and O–H groups in total. The Morgan fingerprint density at radius 1 is 0.853 bits per heavy atom. The molecule has 12 atom stereocenters. The van der Waals surface area contributed by atoms with Crippen LogP contribution in [-0.2, 0) is 47.6 Å². The number of rotatable bonds is 11. The van der Waals surface area contributed by atoms with Crippen molar-refractivity contribution in [3.05, 3.63) is 119 Å². The highest BCUT2D eigenvalue weighted by atomic mass is 16.6. The molecule has 0 radical (unpaired) electrons. The average Bonchev–Trinajstić information content (AvgIpc) is 3.72. The number of aliphatic hydroxyl groups is 3. The first kappa shape index (κ1) is 48.0. The van der Waals surface area contributed by atoms with Gasteiger partial charge in [0.05, 0.1) is 42.3 Å². The Balaban J connectivity index is 1.28. The van der Waals surface area contributed by atoms with Gasteiger partial charge < -0.3 is 54.4 Å². The number of amides is 2. The van der Waals surface area contributed by atoms with Gasteiger partial charge in [0, 0.05) is 37.2 Å². The lowest BCUT2D eigenvalue weighted by molar-refractivity contribution is -0.345. The molecular formula is C50H54N2O16. The maximum Gasteiger partial charge on any atom is 0.408 e. The second-order valence-electron chi connectivity index (χ2n) is 18.8. The van der Waals surface area contributed by atoms with Gasteiger partial charge in [0.15, 0.2) is 23.6 Å². The Morgan fingerprint density at radius 3 is 2.04 bits per heavy atom. The molecular weight excluding hydrogens is 885 g/mol. The van der Waals surface area contributed by atoms with Crippen molar-refractivity contribution in [2.45, 2.75) is 114 Å². The van der Waals surface area contributed by atoms with Crippen molar-refractivity contribution < 1.29 is 77.3 Å². The van der Waals surface area contributed by atoms with E-state index in [1.165, 1.54) is 39.8 Å². The number of aliphatic hydroxyl groups excluding tert-OH is 2. The Morgan fingerprint density at radius 2 is 1.47 bits per heavy atom. The van der Waals surface area contributed by atoms with E-state index in [9.17, 15) is 44.1 Å². The number of esters is 4. The van der Waals surface area contributed by atoms with Gasteiger partial charge in [-0.25, -0.2) is 19.2 Å². The van der Waals surface area contributed by atoms with Crippen molar-refractivity contribution in [3.8, 4) is 0 Å². The van der Waals surface area contributed by atoms with Crippen LogP contribution >= 0.6 is 0 Å². The van der Waals surface area contributed by atoms with E-state index < -0.39 is 125 Å². The Labute approximate surface area is 391 Å². The zero-order chi connectivity index (χ0) is 48.9. The van der Waals surface area contributed by atoms with E-state index in [1.807, 2.05) is 0 Å². The summed E-state index contributed by atoms with van der Waals surface area (Å²) in [7, 11) is 0. The number of ketones is 1. The van der Waals surface area contributed by atoms with Crippen LogP contribution in [-0.4, -0.2) is 124 Å². The van der Waals surface area contributed by atoms with E-state index in [2.05, 4.69) is 10.6 Å². The van der Waals surface area contributed by atoms with Crippen LogP contribution in [0.4, 0.5) is 4.79 Å². The molecule has 2 saturated heterocycles. The number of carbonyl (C=O) groups excluding carboxylic acids is 7. The first-order chi connectivity index (χ1) is 32.2. The molecule has 0 spiro atoms. The topological polar surface area (TPSA) is 260 Å². The summed E-state index contributed by atoms with van der Waals surface area (Å²) in [4.78, 5) is 97.9. The zero-order valence-corrected chi connectivity index (χ0v) is 38.0. The minimum Gasteiger partial charge on any atom is -0.464 e. The van der Waals surface area contributed by atoms with Gasteiger partial charge in [0.2, 0.25) is 0 Å². The van der Waals surface area contributed by atoms with Crippen LogP contribution in [0.5, 0.6) is 0 Å². The molecule has 8 rings (SSSR count). The van der Waals surface area contributed by atoms with Gasteiger partial charge in [0.1, 0.15) is 30.0 Å². The molecule has 360 valence electrons. The predicted octanol–water partition coefficient (Wildman–Crippen LogP) is 3.21. The SMILES string of the molecule is CC(=O)O[C@@]12CO[C@@H]1C[C@H](O)[C@@]1(C)C(=O)[C@H](OC(=O)N[C@H]3CCOC3=O)C3=C(C)[C@@H](OC(=O)[C@H](O)[C@@H](NC(=O)c4ccccc4)c4ccccc4)C[C@@](O)([C@@H](OC(=O)c4ccccc4)[C@H]21)C3(C)C. The lowest BCUT2D eigenvalue weighted by Gasteiger charge is -2.67. The van der Waals surface area contributed by atoms with Gasteiger partial charge >= 0.3 is 30.0 Å². The maximum absolute atomic E-state index is 15.9. The van der Waals surface area contributed by atoms with Crippen LogP contribution in [0.15, 0.2) is 102 Å². The molecule has 2 bridgehead atoms. The molecule has 0 unspecified atom stereocenters. The standard InChI is InChI=1S/C50H54N2O16/c1-26-32(65-45(60)37(55)36(28-15-9-6-10-16-28)52-42(57)29-17-11-7-12-18-29)24-50(62)41(67-43(58)30-19-13-8-14-20-30)39-48(5,33(54)23-34-49(39,25-64-34)68-27(2)53)40(56)38(35(26)47(50,3)4)66-46(61)51-31-21-22-63-44(31)59/h6-20,31-34,36-39,41,54-55,62H,21-25H2,1-5H3,(H,51,61)(H,52,57)/t31-,32-,33-,34+,36-,37+,38+,39-,41-,48+,49-,50+/m0/s1. The highest BCUT2D eigenvalue weighted by molar-refractivity contribution is 5.96. The summed E-state index contributed by atoms with van der Waals surface area (Å²) < 4.78 is 35.6. The third kappa shape index (κ3) is 8.11. The van der Waals surface area contributed by atoms with Crippen LogP contribution < -0.4 is 10.6 Å². The fourth-order valence-corrected chi connectivity index (χ4v) is 10.9. The van der Waals surface area contributed by atoms with Gasteiger partial charge in [-0.3, -0.25) is 14.4 Å². The normalized spacial score (nSPS) is 32.2. The number of benzene rings is 3. The van der Waals surface area contributed by atoms with Crippen molar-refractivity contribution in [2.24, 2.45) is 16.7 Å². The van der Waals surface area contributed by atoms with Crippen molar-refractivity contribution in [2.75, 3.05) is 13.2 Å². The minimum atomic E-state index is -2.49. The second-order valence-corrected chi connectivity index (χ2v) is 18.8. The number of cyclic esters (lactones) is 1. The zero-order valence-electron chi connectivity index (χ0n) is 38.0. The highest BCUT2D eigenvalue weighted by Crippen LogP contribution is 2.64. The van der Waals surface area contributed by atoms with Crippen molar-refractivity contribution in [1.82, 2.24) is 10.6 Å². The van der Waals surface area contributed by atoms with Gasteiger partial charge in [-0.15, -0.1) is 0 Å². The van der Waals surface area contributed by atoms with Gasteiger partial charge in [-0.2, -0.15) is 0 Å². The van der Waals surface area contributed by atoms with Gasteiger partial charge in [-0.1, -0.05) is 80.6 Å².